The van der Waals surface area contributed by atoms with E-state index in [4.69, 9.17) is 4.74 Å². The Balaban J connectivity index is 1.34. The van der Waals surface area contributed by atoms with Gasteiger partial charge in [0, 0.05) is 57.1 Å². The summed E-state index contributed by atoms with van der Waals surface area (Å²) in [7, 11) is 0. The normalized spacial score (nSPS) is 25.2. The van der Waals surface area contributed by atoms with Crippen LogP contribution in [0.15, 0.2) is 18.5 Å². The van der Waals surface area contributed by atoms with Crippen molar-refractivity contribution < 1.29 is 14.3 Å². The SMILES string of the molecule is Cc1cncc(C(=O)NC[C@@H]2CC[C@H](CC(=O)N3CCOCC3)N2CC2CC2)c1. The molecule has 3 heterocycles. The zero-order valence-corrected chi connectivity index (χ0v) is 17.3. The minimum absolute atomic E-state index is 0.0691. The van der Waals surface area contributed by atoms with Gasteiger partial charge in [-0.2, -0.15) is 0 Å². The molecule has 3 fully saturated rings. The van der Waals surface area contributed by atoms with Gasteiger partial charge in [-0.25, -0.2) is 0 Å². The first-order valence-electron chi connectivity index (χ1n) is 10.9. The maximum atomic E-state index is 12.8. The number of hydrogen-bond donors (Lipinski definition) is 1. The summed E-state index contributed by atoms with van der Waals surface area (Å²) in [5, 5.41) is 3.10. The molecule has 1 N–H and O–H groups in total. The van der Waals surface area contributed by atoms with Gasteiger partial charge in [0.05, 0.1) is 18.8 Å². The number of rotatable bonds is 7. The quantitative estimate of drug-likeness (QED) is 0.753. The number of nitrogens with zero attached hydrogens (tertiary/aromatic N) is 3. The predicted molar refractivity (Wildman–Crippen MR) is 110 cm³/mol. The van der Waals surface area contributed by atoms with Gasteiger partial charge in [0.1, 0.15) is 0 Å². The summed E-state index contributed by atoms with van der Waals surface area (Å²) in [5.74, 6) is 0.934. The number of aromatic nitrogens is 1. The highest BCUT2D eigenvalue weighted by Gasteiger charge is 2.38. The molecule has 7 nitrogen and oxygen atoms in total. The van der Waals surface area contributed by atoms with Crippen LogP contribution in [0.25, 0.3) is 0 Å². The first-order valence-corrected chi connectivity index (χ1v) is 10.9. The highest BCUT2D eigenvalue weighted by molar-refractivity contribution is 5.94. The lowest BCUT2D eigenvalue weighted by molar-refractivity contribution is -0.136. The number of amides is 2. The monoisotopic (exact) mass is 400 g/mol. The van der Waals surface area contributed by atoms with Crippen LogP contribution in [0.2, 0.25) is 0 Å². The molecule has 3 aliphatic rings. The number of aryl methyl sites for hydroxylation is 1. The summed E-state index contributed by atoms with van der Waals surface area (Å²) >= 11 is 0. The number of morpholine rings is 1. The molecule has 0 spiro atoms. The summed E-state index contributed by atoms with van der Waals surface area (Å²) < 4.78 is 5.37. The van der Waals surface area contributed by atoms with Crippen LogP contribution in [-0.4, -0.2) is 78.1 Å². The zero-order chi connectivity index (χ0) is 20.2. The van der Waals surface area contributed by atoms with Gasteiger partial charge >= 0.3 is 0 Å². The van der Waals surface area contributed by atoms with Gasteiger partial charge in [0.2, 0.25) is 5.91 Å². The molecule has 4 rings (SSSR count). The van der Waals surface area contributed by atoms with Crippen molar-refractivity contribution in [2.75, 3.05) is 39.4 Å². The molecule has 1 aromatic heterocycles. The van der Waals surface area contributed by atoms with E-state index in [0.29, 0.717) is 50.9 Å². The number of hydrogen-bond acceptors (Lipinski definition) is 5. The second-order valence-corrected chi connectivity index (χ2v) is 8.68. The fourth-order valence-corrected chi connectivity index (χ4v) is 4.49. The van der Waals surface area contributed by atoms with E-state index in [1.165, 1.54) is 12.8 Å². The summed E-state index contributed by atoms with van der Waals surface area (Å²) in [6, 6.07) is 2.45. The molecule has 29 heavy (non-hydrogen) atoms. The lowest BCUT2D eigenvalue weighted by Crippen LogP contribution is -2.47. The van der Waals surface area contributed by atoms with Gasteiger partial charge in [-0.1, -0.05) is 0 Å². The van der Waals surface area contributed by atoms with Crippen LogP contribution in [0.5, 0.6) is 0 Å². The molecule has 0 aromatic carbocycles. The van der Waals surface area contributed by atoms with Crippen LogP contribution in [0.1, 0.15) is 48.0 Å². The molecule has 1 aliphatic carbocycles. The molecule has 2 aliphatic heterocycles. The molecule has 0 bridgehead atoms. The lowest BCUT2D eigenvalue weighted by atomic mass is 10.1. The van der Waals surface area contributed by atoms with Gasteiger partial charge < -0.3 is 15.0 Å². The first-order chi connectivity index (χ1) is 14.1. The van der Waals surface area contributed by atoms with Crippen LogP contribution in [0, 0.1) is 12.8 Å². The smallest absolute Gasteiger partial charge is 0.252 e. The summed E-state index contributed by atoms with van der Waals surface area (Å²) in [6.07, 6.45) is 8.57. The van der Waals surface area contributed by atoms with Crippen LogP contribution in [-0.2, 0) is 9.53 Å². The number of pyridine rings is 1. The van der Waals surface area contributed by atoms with E-state index < -0.39 is 0 Å². The van der Waals surface area contributed by atoms with Gasteiger partial charge in [-0.3, -0.25) is 19.5 Å². The van der Waals surface area contributed by atoms with Crippen LogP contribution in [0.3, 0.4) is 0 Å². The van der Waals surface area contributed by atoms with E-state index in [0.717, 1.165) is 30.9 Å². The third-order valence-electron chi connectivity index (χ3n) is 6.35. The van der Waals surface area contributed by atoms with E-state index in [1.54, 1.807) is 12.4 Å². The maximum Gasteiger partial charge on any atom is 0.252 e. The van der Waals surface area contributed by atoms with Crippen LogP contribution >= 0.6 is 0 Å². The van der Waals surface area contributed by atoms with E-state index in [9.17, 15) is 9.59 Å². The minimum atomic E-state index is -0.0691. The molecular formula is C22H32N4O3. The molecule has 7 heteroatoms. The zero-order valence-electron chi connectivity index (χ0n) is 17.3. The number of likely N-dealkylation sites (tertiary alicyclic amines) is 1. The van der Waals surface area contributed by atoms with Gasteiger partial charge in [0.15, 0.2) is 0 Å². The average molecular weight is 401 g/mol. The topological polar surface area (TPSA) is 74.8 Å². The van der Waals surface area contributed by atoms with Crippen molar-refractivity contribution in [2.45, 2.75) is 51.1 Å². The fourth-order valence-electron chi connectivity index (χ4n) is 4.49. The maximum absolute atomic E-state index is 12.8. The number of ether oxygens (including phenoxy) is 1. The van der Waals surface area contributed by atoms with Crippen LogP contribution < -0.4 is 5.32 Å². The highest BCUT2D eigenvalue weighted by Crippen LogP contribution is 2.35. The molecule has 2 amide bonds. The van der Waals surface area contributed by atoms with Crippen molar-refractivity contribution in [1.82, 2.24) is 20.1 Å². The Hall–Kier alpha value is -1.99. The Labute approximate surface area is 172 Å². The standard InChI is InChI=1S/C22H32N4O3/c1-16-10-18(13-23-12-16)22(28)24-14-20-5-4-19(26(20)15-17-2-3-17)11-21(27)25-6-8-29-9-7-25/h10,12-13,17,19-20H,2-9,11,14-15H2,1H3,(H,24,28)/t19-,20+/m1/s1. The molecule has 158 valence electrons. The highest BCUT2D eigenvalue weighted by atomic mass is 16.5. The van der Waals surface area contributed by atoms with Crippen LogP contribution in [0.4, 0.5) is 0 Å². The minimum Gasteiger partial charge on any atom is -0.378 e. The van der Waals surface area contributed by atoms with Crippen molar-refractivity contribution in [2.24, 2.45) is 5.92 Å². The molecule has 0 radical (unpaired) electrons. The van der Waals surface area contributed by atoms with Gasteiger partial charge in [-0.15, -0.1) is 0 Å². The first kappa shape index (κ1) is 20.3. The van der Waals surface area contributed by atoms with Crippen molar-refractivity contribution in [3.8, 4) is 0 Å². The largest absolute Gasteiger partial charge is 0.378 e. The van der Waals surface area contributed by atoms with Crippen molar-refractivity contribution >= 4 is 11.8 Å². The second kappa shape index (κ2) is 9.22. The van der Waals surface area contributed by atoms with E-state index in [2.05, 4.69) is 15.2 Å². The van der Waals surface area contributed by atoms with E-state index in [1.807, 2.05) is 17.9 Å². The lowest BCUT2D eigenvalue weighted by Gasteiger charge is -2.33. The van der Waals surface area contributed by atoms with E-state index in [-0.39, 0.29) is 17.9 Å². The number of nitrogens with one attached hydrogen (secondary N) is 1. The summed E-state index contributed by atoms with van der Waals surface area (Å²) in [4.78, 5) is 33.8. The fraction of sp³-hybridized carbons (Fsp3) is 0.682. The Morgan fingerprint density at radius 1 is 1.14 bits per heavy atom. The molecule has 0 unspecified atom stereocenters. The molecule has 2 atom stereocenters. The molecule has 1 saturated carbocycles. The Kier molecular flexibility index (Phi) is 6.45. The summed E-state index contributed by atoms with van der Waals surface area (Å²) in [6.45, 7) is 6.31. The predicted octanol–water partition coefficient (Wildman–Crippen LogP) is 1.61. The average Bonchev–Trinajstić information content (AvgIpc) is 3.48. The summed E-state index contributed by atoms with van der Waals surface area (Å²) in [5.41, 5.74) is 1.59. The second-order valence-electron chi connectivity index (χ2n) is 8.68. The molecule has 1 aromatic rings. The third-order valence-corrected chi connectivity index (χ3v) is 6.35. The molecule has 2 saturated heterocycles. The third kappa shape index (κ3) is 5.34. The number of carbonyl (C=O) groups is 2. The number of carbonyl (C=O) groups excluding carboxylic acids is 2. The Morgan fingerprint density at radius 2 is 1.90 bits per heavy atom. The van der Waals surface area contributed by atoms with Crippen molar-refractivity contribution in [3.63, 3.8) is 0 Å². The Bertz CT molecular complexity index is 731. The van der Waals surface area contributed by atoms with Crippen molar-refractivity contribution in [1.29, 1.82) is 0 Å². The van der Waals surface area contributed by atoms with Gasteiger partial charge in [-0.05, 0) is 50.2 Å². The molecular weight excluding hydrogens is 368 g/mol. The van der Waals surface area contributed by atoms with Gasteiger partial charge in [0.25, 0.3) is 5.91 Å². The Morgan fingerprint density at radius 3 is 2.62 bits per heavy atom. The van der Waals surface area contributed by atoms with Crippen molar-refractivity contribution in [3.05, 3.63) is 29.6 Å². The van der Waals surface area contributed by atoms with E-state index >= 15 is 0 Å².